The van der Waals surface area contributed by atoms with Crippen molar-refractivity contribution in [3.05, 3.63) is 48.0 Å². The predicted molar refractivity (Wildman–Crippen MR) is 109 cm³/mol. The lowest BCUT2D eigenvalue weighted by Crippen LogP contribution is -2.40. The molecule has 1 amide bonds. The number of nitrogens with one attached hydrogen (secondary N) is 1. The highest BCUT2D eigenvalue weighted by Gasteiger charge is 2.21. The highest BCUT2D eigenvalue weighted by atomic mass is 32.2. The molecule has 1 N–H and O–H groups in total. The number of nitrogens with zero attached hydrogens (tertiary/aromatic N) is 1. The summed E-state index contributed by atoms with van der Waals surface area (Å²) in [6, 6.07) is 12.0. The number of hydrogen-bond donors (Lipinski definition) is 1. The van der Waals surface area contributed by atoms with Crippen molar-refractivity contribution in [1.82, 2.24) is 5.32 Å². The van der Waals surface area contributed by atoms with Gasteiger partial charge in [-0.2, -0.15) is 0 Å². The lowest BCUT2D eigenvalue weighted by atomic mass is 10.2. The summed E-state index contributed by atoms with van der Waals surface area (Å²) in [5.41, 5.74) is 1.18. The first-order chi connectivity index (χ1) is 13.7. The summed E-state index contributed by atoms with van der Waals surface area (Å²) in [6.45, 7) is 3.83. The molecule has 0 aliphatic carbocycles. The average molecular weight is 420 g/mol. The highest BCUT2D eigenvalue weighted by Crippen LogP contribution is 2.32. The van der Waals surface area contributed by atoms with E-state index < -0.39 is 15.9 Å². The van der Waals surface area contributed by atoms with Gasteiger partial charge in [0.15, 0.2) is 11.5 Å². The lowest BCUT2D eigenvalue weighted by molar-refractivity contribution is -0.119. The smallest absolute Gasteiger partial charge is 0.241 e. The standard InChI is InChI=1S/C20H24N2O6S/c1-14(2)28-17-6-4-5-16(10-17)22(29(3,24)25)12-20(23)21-11-15-7-8-18-19(9-15)27-13-26-18/h4-10,14H,11-13H2,1-3H3,(H,21,23). The average Bonchev–Trinajstić information content (AvgIpc) is 3.11. The first-order valence-corrected chi connectivity index (χ1v) is 11.0. The van der Waals surface area contributed by atoms with Crippen LogP contribution in [-0.4, -0.2) is 40.0 Å². The van der Waals surface area contributed by atoms with Crippen LogP contribution in [0.4, 0.5) is 5.69 Å². The Morgan fingerprint density at radius 3 is 2.66 bits per heavy atom. The van der Waals surface area contributed by atoms with Gasteiger partial charge in [0.1, 0.15) is 12.3 Å². The van der Waals surface area contributed by atoms with E-state index in [-0.39, 0.29) is 26.0 Å². The van der Waals surface area contributed by atoms with Gasteiger partial charge in [-0.25, -0.2) is 8.42 Å². The second-order valence-corrected chi connectivity index (χ2v) is 8.80. The van der Waals surface area contributed by atoms with Crippen molar-refractivity contribution in [2.45, 2.75) is 26.5 Å². The number of carbonyl (C=O) groups excluding carboxylic acids is 1. The summed E-state index contributed by atoms with van der Waals surface area (Å²) in [5.74, 6) is 1.39. The van der Waals surface area contributed by atoms with E-state index >= 15 is 0 Å². The largest absolute Gasteiger partial charge is 0.491 e. The van der Waals surface area contributed by atoms with Crippen LogP contribution in [0.25, 0.3) is 0 Å². The molecule has 0 saturated carbocycles. The summed E-state index contributed by atoms with van der Waals surface area (Å²) in [7, 11) is -3.67. The maximum Gasteiger partial charge on any atom is 0.241 e. The van der Waals surface area contributed by atoms with E-state index in [4.69, 9.17) is 14.2 Å². The number of ether oxygens (including phenoxy) is 3. The number of benzene rings is 2. The summed E-state index contributed by atoms with van der Waals surface area (Å²) < 4.78 is 41.8. The zero-order chi connectivity index (χ0) is 21.0. The maximum atomic E-state index is 12.4. The molecular formula is C20H24N2O6S. The Hall–Kier alpha value is -2.94. The number of rotatable bonds is 8. The van der Waals surface area contributed by atoms with Gasteiger partial charge < -0.3 is 19.5 Å². The molecule has 9 heteroatoms. The molecule has 0 atom stereocenters. The van der Waals surface area contributed by atoms with Crippen LogP contribution in [0.2, 0.25) is 0 Å². The van der Waals surface area contributed by atoms with Gasteiger partial charge in [0, 0.05) is 12.6 Å². The number of sulfonamides is 1. The fourth-order valence-corrected chi connectivity index (χ4v) is 3.67. The van der Waals surface area contributed by atoms with E-state index in [1.54, 1.807) is 36.4 Å². The van der Waals surface area contributed by atoms with Crippen LogP contribution in [0.15, 0.2) is 42.5 Å². The summed E-state index contributed by atoms with van der Waals surface area (Å²) in [6.07, 6.45) is 1.01. The molecule has 0 radical (unpaired) electrons. The normalized spacial score (nSPS) is 12.7. The van der Waals surface area contributed by atoms with Gasteiger partial charge in [0.25, 0.3) is 0 Å². The number of carbonyl (C=O) groups is 1. The first kappa shape index (κ1) is 20.8. The molecule has 2 aromatic rings. The van der Waals surface area contributed by atoms with Crippen LogP contribution in [0.3, 0.4) is 0 Å². The van der Waals surface area contributed by atoms with Crippen LogP contribution in [0.1, 0.15) is 19.4 Å². The Morgan fingerprint density at radius 1 is 1.17 bits per heavy atom. The van der Waals surface area contributed by atoms with Gasteiger partial charge in [-0.3, -0.25) is 9.10 Å². The quantitative estimate of drug-likeness (QED) is 0.704. The van der Waals surface area contributed by atoms with Crippen LogP contribution in [0, 0.1) is 0 Å². The molecule has 8 nitrogen and oxygen atoms in total. The van der Waals surface area contributed by atoms with Gasteiger partial charge in [-0.1, -0.05) is 12.1 Å². The fourth-order valence-electron chi connectivity index (χ4n) is 2.82. The first-order valence-electron chi connectivity index (χ1n) is 9.12. The number of amides is 1. The Morgan fingerprint density at radius 2 is 1.93 bits per heavy atom. The third-order valence-corrected chi connectivity index (χ3v) is 5.23. The summed E-state index contributed by atoms with van der Waals surface area (Å²) >= 11 is 0. The van der Waals surface area contributed by atoms with Crippen LogP contribution in [0.5, 0.6) is 17.2 Å². The number of hydrogen-bond acceptors (Lipinski definition) is 6. The third-order valence-electron chi connectivity index (χ3n) is 4.09. The Balaban J connectivity index is 1.68. The fraction of sp³-hybridized carbons (Fsp3) is 0.350. The molecule has 1 aliphatic heterocycles. The Bertz CT molecular complexity index is 990. The van der Waals surface area contributed by atoms with Gasteiger partial charge in [0.2, 0.25) is 22.7 Å². The monoisotopic (exact) mass is 420 g/mol. The molecule has 0 fully saturated rings. The lowest BCUT2D eigenvalue weighted by Gasteiger charge is -2.22. The van der Waals surface area contributed by atoms with Crippen molar-refractivity contribution in [3.63, 3.8) is 0 Å². The second kappa shape index (κ2) is 8.60. The molecule has 1 heterocycles. The van der Waals surface area contributed by atoms with E-state index in [1.807, 2.05) is 19.9 Å². The summed E-state index contributed by atoms with van der Waals surface area (Å²) in [5, 5.41) is 2.74. The minimum Gasteiger partial charge on any atom is -0.491 e. The molecule has 29 heavy (non-hydrogen) atoms. The van der Waals surface area contributed by atoms with Crippen molar-refractivity contribution in [3.8, 4) is 17.2 Å². The maximum absolute atomic E-state index is 12.4. The minimum absolute atomic E-state index is 0.0538. The highest BCUT2D eigenvalue weighted by molar-refractivity contribution is 7.92. The molecule has 0 spiro atoms. The van der Waals surface area contributed by atoms with Crippen molar-refractivity contribution < 1.29 is 27.4 Å². The van der Waals surface area contributed by atoms with Crippen molar-refractivity contribution in [2.75, 3.05) is 23.9 Å². The van der Waals surface area contributed by atoms with Gasteiger partial charge >= 0.3 is 0 Å². The zero-order valence-corrected chi connectivity index (χ0v) is 17.4. The topological polar surface area (TPSA) is 94.2 Å². The molecule has 156 valence electrons. The molecule has 3 rings (SSSR count). The van der Waals surface area contributed by atoms with Crippen molar-refractivity contribution in [2.24, 2.45) is 0 Å². The zero-order valence-electron chi connectivity index (χ0n) is 16.5. The van der Waals surface area contributed by atoms with E-state index in [2.05, 4.69) is 5.32 Å². The van der Waals surface area contributed by atoms with E-state index in [0.717, 1.165) is 16.1 Å². The number of fused-ring (bicyclic) bond motifs is 1. The second-order valence-electron chi connectivity index (χ2n) is 6.90. The molecule has 0 saturated heterocycles. The molecule has 0 bridgehead atoms. The van der Waals surface area contributed by atoms with Crippen LogP contribution in [-0.2, 0) is 21.4 Å². The van der Waals surface area contributed by atoms with E-state index in [1.165, 1.54) is 0 Å². The van der Waals surface area contributed by atoms with E-state index in [0.29, 0.717) is 22.9 Å². The molecule has 2 aromatic carbocycles. The molecular weight excluding hydrogens is 396 g/mol. The summed E-state index contributed by atoms with van der Waals surface area (Å²) in [4.78, 5) is 12.4. The number of anilines is 1. The third kappa shape index (κ3) is 5.54. The molecule has 1 aliphatic rings. The van der Waals surface area contributed by atoms with Crippen LogP contribution < -0.4 is 23.8 Å². The Labute approximate surface area is 170 Å². The molecule has 0 unspecified atom stereocenters. The van der Waals surface area contributed by atoms with Gasteiger partial charge in [0.05, 0.1) is 18.0 Å². The van der Waals surface area contributed by atoms with Crippen molar-refractivity contribution in [1.29, 1.82) is 0 Å². The Kier molecular flexibility index (Phi) is 6.17. The van der Waals surface area contributed by atoms with Gasteiger partial charge in [-0.05, 0) is 43.7 Å². The minimum atomic E-state index is -3.67. The van der Waals surface area contributed by atoms with Crippen LogP contribution >= 0.6 is 0 Å². The predicted octanol–water partition coefficient (Wildman–Crippen LogP) is 2.28. The SMILES string of the molecule is CC(C)Oc1cccc(N(CC(=O)NCc2ccc3c(c2)OCO3)S(C)(=O)=O)c1. The van der Waals surface area contributed by atoms with Gasteiger partial charge in [-0.15, -0.1) is 0 Å². The van der Waals surface area contributed by atoms with Crippen molar-refractivity contribution >= 4 is 21.6 Å². The molecule has 0 aromatic heterocycles. The van der Waals surface area contributed by atoms with E-state index in [9.17, 15) is 13.2 Å².